The van der Waals surface area contributed by atoms with Gasteiger partial charge in [-0.1, -0.05) is 41.6 Å². The van der Waals surface area contributed by atoms with E-state index in [1.807, 2.05) is 44.2 Å². The number of amides is 2. The Balaban J connectivity index is 1.70. The second-order valence-corrected chi connectivity index (χ2v) is 7.38. The number of carbonyl (C=O) groups excluding carboxylic acids is 2. The molecule has 0 fully saturated rings. The molecule has 0 aliphatic rings. The van der Waals surface area contributed by atoms with Crippen molar-refractivity contribution in [3.8, 4) is 11.3 Å². The Morgan fingerprint density at radius 3 is 2.47 bits per heavy atom. The van der Waals surface area contributed by atoms with Gasteiger partial charge in [-0.15, -0.1) is 0 Å². The van der Waals surface area contributed by atoms with Gasteiger partial charge >= 0.3 is 0 Å². The maximum Gasteiger partial charge on any atom is 0.259 e. The lowest BCUT2D eigenvalue weighted by Crippen LogP contribution is -2.30. The molecule has 0 saturated carbocycles. The molecule has 2 aromatic carbocycles. The predicted octanol–water partition coefficient (Wildman–Crippen LogP) is 4.93. The molecule has 0 saturated heterocycles. The van der Waals surface area contributed by atoms with Gasteiger partial charge < -0.3 is 14.7 Å². The molecule has 0 bridgehead atoms. The van der Waals surface area contributed by atoms with Crippen LogP contribution in [-0.2, 0) is 0 Å². The van der Waals surface area contributed by atoms with Crippen LogP contribution in [-0.4, -0.2) is 39.9 Å². The van der Waals surface area contributed by atoms with Crippen LogP contribution in [0.25, 0.3) is 22.4 Å². The number of aryl methyl sites for hydroxylation is 1. The molecule has 0 spiro atoms. The normalized spacial score (nSPS) is 10.8. The van der Waals surface area contributed by atoms with Crippen LogP contribution in [0.2, 0.25) is 0 Å². The number of aromatic nitrogens is 2. The van der Waals surface area contributed by atoms with E-state index >= 15 is 0 Å². The first-order chi connectivity index (χ1) is 15.5. The van der Waals surface area contributed by atoms with Gasteiger partial charge in [0.25, 0.3) is 17.5 Å². The minimum atomic E-state index is -0.326. The Bertz CT molecular complexity index is 1280. The van der Waals surface area contributed by atoms with E-state index in [1.54, 1.807) is 42.2 Å². The summed E-state index contributed by atoms with van der Waals surface area (Å²) in [6.07, 6.45) is 0. The van der Waals surface area contributed by atoms with Gasteiger partial charge in [-0.25, -0.2) is 4.98 Å². The summed E-state index contributed by atoms with van der Waals surface area (Å²) in [5.74, 6) is -0.396. The number of benzene rings is 2. The van der Waals surface area contributed by atoms with E-state index in [1.165, 1.54) is 0 Å². The van der Waals surface area contributed by atoms with Gasteiger partial charge in [-0.3, -0.25) is 9.59 Å². The monoisotopic (exact) mass is 428 g/mol. The first-order valence-corrected chi connectivity index (χ1v) is 10.5. The van der Waals surface area contributed by atoms with Gasteiger partial charge in [0.05, 0.1) is 22.3 Å². The van der Waals surface area contributed by atoms with Crippen LogP contribution in [0.15, 0.2) is 65.2 Å². The summed E-state index contributed by atoms with van der Waals surface area (Å²) >= 11 is 0. The number of hydrogen-bond donors (Lipinski definition) is 1. The van der Waals surface area contributed by atoms with Gasteiger partial charge in [-0.05, 0) is 45.0 Å². The second kappa shape index (κ2) is 9.01. The third-order valence-electron chi connectivity index (χ3n) is 5.35. The quantitative estimate of drug-likeness (QED) is 0.470. The molecular formula is C25H24N4O3. The van der Waals surface area contributed by atoms with Crippen molar-refractivity contribution in [2.75, 3.05) is 18.4 Å². The number of nitrogens with zero attached hydrogens (tertiary/aromatic N) is 3. The molecule has 4 rings (SSSR count). The molecule has 7 nitrogen and oxygen atoms in total. The fourth-order valence-electron chi connectivity index (χ4n) is 3.65. The van der Waals surface area contributed by atoms with E-state index in [0.29, 0.717) is 52.4 Å². The molecule has 0 aliphatic carbocycles. The Labute approximate surface area is 186 Å². The largest absolute Gasteiger partial charge is 0.339 e. The molecule has 7 heteroatoms. The van der Waals surface area contributed by atoms with Gasteiger partial charge in [-0.2, -0.15) is 0 Å². The highest BCUT2D eigenvalue weighted by atomic mass is 16.5. The summed E-state index contributed by atoms with van der Waals surface area (Å²) in [5, 5.41) is 7.47. The smallest absolute Gasteiger partial charge is 0.259 e. The Morgan fingerprint density at radius 2 is 1.75 bits per heavy atom. The molecule has 2 amide bonds. The van der Waals surface area contributed by atoms with Crippen molar-refractivity contribution in [3.63, 3.8) is 0 Å². The van der Waals surface area contributed by atoms with Crippen LogP contribution in [0, 0.1) is 6.92 Å². The SMILES string of the molecule is CCN(CC)C(=O)c1cccc(NC(=O)c2cc(-c3ccccc3)nc3onc(C)c23)c1. The van der Waals surface area contributed by atoms with Crippen molar-refractivity contribution in [3.05, 3.63) is 77.5 Å². The van der Waals surface area contributed by atoms with Crippen molar-refractivity contribution >= 4 is 28.6 Å². The van der Waals surface area contributed by atoms with E-state index < -0.39 is 0 Å². The van der Waals surface area contributed by atoms with Crippen LogP contribution in [0.1, 0.15) is 40.3 Å². The molecule has 32 heavy (non-hydrogen) atoms. The summed E-state index contributed by atoms with van der Waals surface area (Å²) in [6, 6.07) is 18.3. The van der Waals surface area contributed by atoms with Crippen molar-refractivity contribution in [2.24, 2.45) is 0 Å². The van der Waals surface area contributed by atoms with Crippen molar-refractivity contribution in [2.45, 2.75) is 20.8 Å². The minimum absolute atomic E-state index is 0.0707. The summed E-state index contributed by atoms with van der Waals surface area (Å²) in [6.45, 7) is 6.89. The summed E-state index contributed by atoms with van der Waals surface area (Å²) in [4.78, 5) is 32.2. The third-order valence-corrected chi connectivity index (χ3v) is 5.35. The predicted molar refractivity (Wildman–Crippen MR) is 124 cm³/mol. The molecule has 0 unspecified atom stereocenters. The molecule has 0 radical (unpaired) electrons. The topological polar surface area (TPSA) is 88.3 Å². The number of carbonyl (C=O) groups is 2. The number of hydrogen-bond acceptors (Lipinski definition) is 5. The van der Waals surface area contributed by atoms with Crippen molar-refractivity contribution in [1.82, 2.24) is 15.0 Å². The average Bonchev–Trinajstić information content (AvgIpc) is 3.20. The Morgan fingerprint density at radius 1 is 1.00 bits per heavy atom. The highest BCUT2D eigenvalue weighted by Crippen LogP contribution is 2.27. The lowest BCUT2D eigenvalue weighted by Gasteiger charge is -2.19. The molecule has 4 aromatic rings. The fraction of sp³-hybridized carbons (Fsp3) is 0.200. The molecular weight excluding hydrogens is 404 g/mol. The average molecular weight is 428 g/mol. The number of pyridine rings is 1. The maximum atomic E-state index is 13.3. The zero-order valence-corrected chi connectivity index (χ0v) is 18.3. The van der Waals surface area contributed by atoms with E-state index in [0.717, 1.165) is 5.56 Å². The zero-order valence-electron chi connectivity index (χ0n) is 18.3. The number of nitrogens with one attached hydrogen (secondary N) is 1. The van der Waals surface area contributed by atoms with E-state index in [-0.39, 0.29) is 11.8 Å². The van der Waals surface area contributed by atoms with E-state index in [2.05, 4.69) is 15.5 Å². The molecule has 1 N–H and O–H groups in total. The lowest BCUT2D eigenvalue weighted by atomic mass is 10.0. The number of fused-ring (bicyclic) bond motifs is 1. The van der Waals surface area contributed by atoms with Crippen LogP contribution >= 0.6 is 0 Å². The molecule has 0 atom stereocenters. The van der Waals surface area contributed by atoms with Crippen LogP contribution in [0.3, 0.4) is 0 Å². The standard InChI is InChI=1S/C25H24N4O3/c1-4-29(5-2)25(31)18-12-9-13-19(14-18)26-23(30)20-15-21(17-10-7-6-8-11-17)27-24-22(20)16(3)28-32-24/h6-15H,4-5H2,1-3H3,(H,26,30). The Kier molecular flexibility index (Phi) is 5.98. The third kappa shape index (κ3) is 4.09. The molecule has 162 valence electrons. The summed E-state index contributed by atoms with van der Waals surface area (Å²) in [7, 11) is 0. The Hall–Kier alpha value is -4.00. The van der Waals surface area contributed by atoms with Crippen molar-refractivity contribution < 1.29 is 14.1 Å². The van der Waals surface area contributed by atoms with Crippen LogP contribution in [0.5, 0.6) is 0 Å². The van der Waals surface area contributed by atoms with E-state index in [9.17, 15) is 9.59 Å². The highest BCUT2D eigenvalue weighted by Gasteiger charge is 2.20. The van der Waals surface area contributed by atoms with Crippen LogP contribution in [0.4, 0.5) is 5.69 Å². The van der Waals surface area contributed by atoms with Gasteiger partial charge in [0, 0.05) is 29.9 Å². The summed E-state index contributed by atoms with van der Waals surface area (Å²) in [5.41, 5.74) is 3.84. The molecule has 0 aliphatic heterocycles. The molecule has 2 aromatic heterocycles. The fourth-order valence-corrected chi connectivity index (χ4v) is 3.65. The first kappa shape index (κ1) is 21.2. The minimum Gasteiger partial charge on any atom is -0.339 e. The van der Waals surface area contributed by atoms with Crippen LogP contribution < -0.4 is 5.32 Å². The first-order valence-electron chi connectivity index (χ1n) is 10.5. The number of rotatable bonds is 6. The van der Waals surface area contributed by atoms with Gasteiger partial charge in [0.2, 0.25) is 0 Å². The summed E-state index contributed by atoms with van der Waals surface area (Å²) < 4.78 is 5.36. The molecule has 2 heterocycles. The maximum absolute atomic E-state index is 13.3. The lowest BCUT2D eigenvalue weighted by molar-refractivity contribution is 0.0772. The zero-order chi connectivity index (χ0) is 22.7. The van der Waals surface area contributed by atoms with Crippen molar-refractivity contribution in [1.29, 1.82) is 0 Å². The number of anilines is 1. The highest BCUT2D eigenvalue weighted by molar-refractivity contribution is 6.13. The second-order valence-electron chi connectivity index (χ2n) is 7.38. The van der Waals surface area contributed by atoms with E-state index in [4.69, 9.17) is 4.52 Å². The van der Waals surface area contributed by atoms with Gasteiger partial charge in [0.1, 0.15) is 0 Å². The van der Waals surface area contributed by atoms with Gasteiger partial charge in [0.15, 0.2) is 0 Å².